The number of hydrogen-bond donors (Lipinski definition) is 2. The van der Waals surface area contributed by atoms with Crippen LogP contribution in [0.1, 0.15) is 59.4 Å². The maximum Gasteiger partial charge on any atom is 0.344 e. The van der Waals surface area contributed by atoms with Crippen molar-refractivity contribution < 1.29 is 28.4 Å². The van der Waals surface area contributed by atoms with Crippen molar-refractivity contribution in [3.63, 3.8) is 0 Å². The summed E-state index contributed by atoms with van der Waals surface area (Å²) in [6, 6.07) is 2.42. The second-order valence-electron chi connectivity index (χ2n) is 6.90. The highest BCUT2D eigenvalue weighted by Crippen LogP contribution is 2.31. The van der Waals surface area contributed by atoms with Gasteiger partial charge in [0.25, 0.3) is 0 Å². The molecule has 0 radical (unpaired) electrons. The highest BCUT2D eigenvalue weighted by molar-refractivity contribution is 7.10. The number of thiophene rings is 1. The fourth-order valence-electron chi connectivity index (χ4n) is 3.09. The Hall–Kier alpha value is -3.14. The van der Waals surface area contributed by atoms with E-state index in [1.807, 2.05) is 25.3 Å². The van der Waals surface area contributed by atoms with Gasteiger partial charge in [0.15, 0.2) is 5.76 Å². The molecule has 0 saturated heterocycles. The van der Waals surface area contributed by atoms with Crippen LogP contribution in [0.25, 0.3) is 0 Å². The van der Waals surface area contributed by atoms with Gasteiger partial charge in [-0.1, -0.05) is 25.1 Å². The van der Waals surface area contributed by atoms with Gasteiger partial charge in [0, 0.05) is 10.8 Å². The largest absolute Gasteiger partial charge is 0.463 e. The first-order valence-electron chi connectivity index (χ1n) is 9.47. The molecule has 2 N–H and O–H groups in total. The third-order valence-electron chi connectivity index (χ3n) is 4.44. The molecular weight excluding hydrogens is 410 g/mol. The quantitative estimate of drug-likeness (QED) is 0.644. The van der Waals surface area contributed by atoms with Gasteiger partial charge in [-0.3, -0.25) is 0 Å². The van der Waals surface area contributed by atoms with Crippen LogP contribution in [0.4, 0.5) is 4.79 Å². The summed E-state index contributed by atoms with van der Waals surface area (Å²) in [5, 5.41) is 11.0. The standard InChI is InChI=1S/C20H23N3O6S/c1-5-27-19(25)15-12(21-20(26)22-16(15)13-7-6-8-30-13)9-28-18(24)14-11(4)23-29-17(14)10(2)3/h6-8,10,16H,5,9H2,1-4H3,(H2,21,22,26)/t16-/m0/s1. The molecular formula is C20H23N3O6S. The van der Waals surface area contributed by atoms with Crippen molar-refractivity contribution in [2.24, 2.45) is 0 Å². The lowest BCUT2D eigenvalue weighted by Crippen LogP contribution is -2.47. The fraction of sp³-hybridized carbons (Fsp3) is 0.400. The molecule has 0 aromatic carbocycles. The molecule has 0 aliphatic carbocycles. The van der Waals surface area contributed by atoms with Crippen molar-refractivity contribution >= 4 is 29.3 Å². The van der Waals surface area contributed by atoms with Gasteiger partial charge >= 0.3 is 18.0 Å². The SMILES string of the molecule is CCOC(=O)C1=C(COC(=O)c2c(C)noc2C(C)C)NC(=O)N[C@H]1c1cccs1. The zero-order valence-electron chi connectivity index (χ0n) is 17.1. The molecule has 2 amide bonds. The average Bonchev–Trinajstić information content (AvgIpc) is 3.35. The highest BCUT2D eigenvalue weighted by Gasteiger charge is 2.35. The Bertz CT molecular complexity index is 977. The van der Waals surface area contributed by atoms with Gasteiger partial charge in [0.2, 0.25) is 0 Å². The molecule has 3 rings (SSSR count). The van der Waals surface area contributed by atoms with Crippen LogP contribution in [-0.2, 0) is 14.3 Å². The van der Waals surface area contributed by atoms with E-state index >= 15 is 0 Å². The third kappa shape index (κ3) is 4.38. The molecule has 2 aromatic rings. The molecule has 0 fully saturated rings. The van der Waals surface area contributed by atoms with E-state index in [1.165, 1.54) is 11.3 Å². The maximum absolute atomic E-state index is 12.7. The van der Waals surface area contributed by atoms with Gasteiger partial charge in [-0.2, -0.15) is 0 Å². The van der Waals surface area contributed by atoms with Crippen molar-refractivity contribution in [3.05, 3.63) is 50.7 Å². The number of carbonyl (C=O) groups excluding carboxylic acids is 3. The first-order valence-corrected chi connectivity index (χ1v) is 10.4. The van der Waals surface area contributed by atoms with Gasteiger partial charge in [-0.25, -0.2) is 14.4 Å². The van der Waals surface area contributed by atoms with Crippen molar-refractivity contribution in [1.29, 1.82) is 0 Å². The topological polar surface area (TPSA) is 120 Å². The minimum absolute atomic E-state index is 0.0650. The van der Waals surface area contributed by atoms with Gasteiger partial charge in [-0.05, 0) is 25.3 Å². The molecule has 160 valence electrons. The van der Waals surface area contributed by atoms with Crippen molar-refractivity contribution in [1.82, 2.24) is 15.8 Å². The van der Waals surface area contributed by atoms with Crippen LogP contribution >= 0.6 is 11.3 Å². The number of aromatic nitrogens is 1. The summed E-state index contributed by atoms with van der Waals surface area (Å²) in [6.07, 6.45) is 0. The van der Waals surface area contributed by atoms with Gasteiger partial charge < -0.3 is 24.6 Å². The van der Waals surface area contributed by atoms with Crippen LogP contribution in [0, 0.1) is 6.92 Å². The number of urea groups is 1. The molecule has 0 spiro atoms. The molecule has 1 aliphatic rings. The summed E-state index contributed by atoms with van der Waals surface area (Å²) < 4.78 is 15.8. The van der Waals surface area contributed by atoms with Gasteiger partial charge in [0.05, 0.1) is 29.6 Å². The van der Waals surface area contributed by atoms with Crippen LogP contribution in [0.3, 0.4) is 0 Å². The summed E-state index contributed by atoms with van der Waals surface area (Å²) in [5.74, 6) is -0.889. The van der Waals surface area contributed by atoms with Gasteiger partial charge in [-0.15, -0.1) is 11.3 Å². The maximum atomic E-state index is 12.7. The Morgan fingerprint density at radius 2 is 2.07 bits per heavy atom. The lowest BCUT2D eigenvalue weighted by Gasteiger charge is -2.28. The Labute approximate surface area is 177 Å². The van der Waals surface area contributed by atoms with E-state index < -0.39 is 24.0 Å². The molecule has 2 aromatic heterocycles. The summed E-state index contributed by atoms with van der Waals surface area (Å²) in [7, 11) is 0. The Kier molecular flexibility index (Phi) is 6.56. The van der Waals surface area contributed by atoms with E-state index in [-0.39, 0.29) is 36.0 Å². The minimum Gasteiger partial charge on any atom is -0.463 e. The Morgan fingerprint density at radius 1 is 1.30 bits per heavy atom. The first kappa shape index (κ1) is 21.6. The minimum atomic E-state index is -0.699. The van der Waals surface area contributed by atoms with E-state index in [1.54, 1.807) is 19.9 Å². The van der Waals surface area contributed by atoms with Crippen LogP contribution in [-0.4, -0.2) is 36.3 Å². The average molecular weight is 433 g/mol. The third-order valence-corrected chi connectivity index (χ3v) is 5.38. The molecule has 0 unspecified atom stereocenters. The number of esters is 2. The number of hydrogen-bond acceptors (Lipinski definition) is 8. The summed E-state index contributed by atoms with van der Waals surface area (Å²) in [5.41, 5.74) is 1.02. The molecule has 30 heavy (non-hydrogen) atoms. The predicted octanol–water partition coefficient (Wildman–Crippen LogP) is 3.20. The summed E-state index contributed by atoms with van der Waals surface area (Å²) in [6.45, 7) is 6.93. The van der Waals surface area contributed by atoms with Crippen LogP contribution in [0.15, 0.2) is 33.3 Å². The summed E-state index contributed by atoms with van der Waals surface area (Å²) >= 11 is 1.39. The normalized spacial score (nSPS) is 16.3. The molecule has 9 nitrogen and oxygen atoms in total. The second kappa shape index (κ2) is 9.12. The Morgan fingerprint density at radius 3 is 2.70 bits per heavy atom. The molecule has 3 heterocycles. The van der Waals surface area contributed by atoms with E-state index in [2.05, 4.69) is 15.8 Å². The molecule has 1 atom stereocenters. The molecule has 0 bridgehead atoms. The molecule has 0 saturated carbocycles. The lowest BCUT2D eigenvalue weighted by atomic mass is 10.0. The molecule has 10 heteroatoms. The fourth-order valence-corrected chi connectivity index (χ4v) is 3.87. The van der Waals surface area contributed by atoms with E-state index in [4.69, 9.17) is 14.0 Å². The lowest BCUT2D eigenvalue weighted by molar-refractivity contribution is -0.139. The van der Waals surface area contributed by atoms with Gasteiger partial charge in [0.1, 0.15) is 12.2 Å². The molecule has 1 aliphatic heterocycles. The number of nitrogens with one attached hydrogen (secondary N) is 2. The zero-order chi connectivity index (χ0) is 21.8. The highest BCUT2D eigenvalue weighted by atomic mass is 32.1. The smallest absolute Gasteiger partial charge is 0.344 e. The van der Waals surface area contributed by atoms with Crippen molar-refractivity contribution in [2.45, 2.75) is 39.7 Å². The number of ether oxygens (including phenoxy) is 2. The number of rotatable bonds is 7. The van der Waals surface area contributed by atoms with E-state index in [9.17, 15) is 14.4 Å². The number of amides is 2. The van der Waals surface area contributed by atoms with Crippen molar-refractivity contribution in [2.75, 3.05) is 13.2 Å². The van der Waals surface area contributed by atoms with E-state index in [0.717, 1.165) is 4.88 Å². The number of carbonyl (C=O) groups is 3. The number of nitrogens with zero attached hydrogens (tertiary/aromatic N) is 1. The van der Waals surface area contributed by atoms with E-state index in [0.29, 0.717) is 11.5 Å². The zero-order valence-corrected chi connectivity index (χ0v) is 17.9. The van der Waals surface area contributed by atoms with Crippen molar-refractivity contribution in [3.8, 4) is 0 Å². The van der Waals surface area contributed by atoms with Crippen LogP contribution < -0.4 is 10.6 Å². The summed E-state index contributed by atoms with van der Waals surface area (Å²) in [4.78, 5) is 38.3. The first-order chi connectivity index (χ1) is 14.3. The van der Waals surface area contributed by atoms with Crippen LogP contribution in [0.2, 0.25) is 0 Å². The monoisotopic (exact) mass is 433 g/mol. The van der Waals surface area contributed by atoms with Crippen LogP contribution in [0.5, 0.6) is 0 Å². The second-order valence-corrected chi connectivity index (χ2v) is 7.88. The Balaban J connectivity index is 1.91. The number of aryl methyl sites for hydroxylation is 1. The predicted molar refractivity (Wildman–Crippen MR) is 108 cm³/mol.